The highest BCUT2D eigenvalue weighted by molar-refractivity contribution is 5.32. The molecule has 0 unspecified atom stereocenters. The zero-order valence-electron chi connectivity index (χ0n) is 92.2. The van der Waals surface area contributed by atoms with Crippen molar-refractivity contribution in [3.63, 3.8) is 0 Å². The summed E-state index contributed by atoms with van der Waals surface area (Å²) in [6.45, 7) is 47.7. The Morgan fingerprint density at radius 3 is 0.583 bits per heavy atom. The van der Waals surface area contributed by atoms with Crippen molar-refractivity contribution < 1.29 is 89.0 Å². The molecule has 144 heavy (non-hydrogen) atoms. The van der Waals surface area contributed by atoms with Crippen molar-refractivity contribution in [2.75, 3.05) is 0 Å². The van der Waals surface area contributed by atoms with Crippen LogP contribution in [0.15, 0.2) is 196 Å². The van der Waals surface area contributed by atoms with Crippen molar-refractivity contribution in [2.45, 2.75) is 526 Å². The summed E-state index contributed by atoms with van der Waals surface area (Å²) in [6.07, 6.45) is 49.5. The molecule has 812 valence electrons. The lowest BCUT2D eigenvalue weighted by Crippen LogP contribution is -2.27. The first-order valence-corrected chi connectivity index (χ1v) is 56.2. The van der Waals surface area contributed by atoms with Crippen LogP contribution in [0.4, 0.5) is 0 Å². The van der Waals surface area contributed by atoms with Crippen LogP contribution >= 0.6 is 0 Å². The Morgan fingerprint density at radius 1 is 0.222 bits per heavy atom. The Balaban J connectivity index is 0.000000305. The summed E-state index contributed by atoms with van der Waals surface area (Å²) in [6, 6.07) is 47.5. The third kappa shape index (κ3) is 50.9. The lowest BCUT2D eigenvalue weighted by molar-refractivity contribution is -0.147. The molecular weight excluding hydrogens is 1800 g/mol. The molecule has 18 nitrogen and oxygen atoms in total. The fourth-order valence-corrected chi connectivity index (χ4v) is 19.3. The number of aliphatic hydroxyl groups excluding tert-OH is 10. The van der Waals surface area contributed by atoms with Gasteiger partial charge < -0.3 is 89.0 Å². The van der Waals surface area contributed by atoms with Crippen LogP contribution in [0.25, 0.3) is 0 Å². The molecular formula is C126H200O18. The van der Waals surface area contributed by atoms with Gasteiger partial charge in [-0.2, -0.15) is 0 Å². The number of aliphatic hydroxyl groups is 10. The van der Waals surface area contributed by atoms with Gasteiger partial charge in [0.1, 0.15) is 0 Å². The molecule has 6 aromatic rings. The van der Waals surface area contributed by atoms with Crippen LogP contribution in [0.2, 0.25) is 0 Å². The van der Waals surface area contributed by atoms with E-state index in [4.69, 9.17) is 37.9 Å². The number of hydrogen-bond acceptors (Lipinski definition) is 18. The van der Waals surface area contributed by atoms with Crippen molar-refractivity contribution in [3.8, 4) is 0 Å². The van der Waals surface area contributed by atoms with E-state index >= 15 is 0 Å². The standard InChI is InChI=1S/2C22H36O3.2C22H34O3.2C19H30O3/c4*1-5-7-8-9-10-11-20-21(25-22(3,4)24-20)16-17-12-14-18(15-13-17)19(23)6-2;2*1-3-5-6-7-8-9-18(21)19(22)14-15-10-12-16(13-11-15)17(20)4-2/h2*12-15,19-21,23H,5-11,16H2,1-4H3;2*6,12-15,19-21,23H,2,5,7-11,16H2,1,3-4H3;2*4,10-13,17-22H,2-3,5-9,14H2,1H3/t19-,20+,21+;19-,20-,21-;19-,20+,21+;19-,20-,21-;17-,18+,19+;17-,18-,19-/m010101/s1. The molecule has 18 atom stereocenters. The van der Waals surface area contributed by atoms with Gasteiger partial charge in [0, 0.05) is 38.5 Å². The van der Waals surface area contributed by atoms with Crippen molar-refractivity contribution in [2.24, 2.45) is 0 Å². The van der Waals surface area contributed by atoms with Crippen LogP contribution in [0, 0.1) is 0 Å². The molecule has 0 saturated carbocycles. The predicted molar refractivity (Wildman–Crippen MR) is 592 cm³/mol. The van der Waals surface area contributed by atoms with E-state index in [0.29, 0.717) is 25.7 Å². The summed E-state index contributed by atoms with van der Waals surface area (Å²) < 4.78 is 49.3. The van der Waals surface area contributed by atoms with Gasteiger partial charge in [-0.3, -0.25) is 0 Å². The molecule has 4 saturated heterocycles. The number of rotatable bonds is 62. The second-order valence-electron chi connectivity index (χ2n) is 42.6. The van der Waals surface area contributed by atoms with E-state index in [-0.39, 0.29) is 61.0 Å². The van der Waals surface area contributed by atoms with Gasteiger partial charge in [0.2, 0.25) is 0 Å². The molecule has 10 N–H and O–H groups in total. The minimum absolute atomic E-state index is 0.0938. The Morgan fingerprint density at radius 2 is 0.396 bits per heavy atom. The maximum atomic E-state index is 10.1. The second kappa shape index (κ2) is 71.3. The molecule has 6 aromatic carbocycles. The Kier molecular flexibility index (Phi) is 63.4. The monoisotopic (exact) mass is 2000 g/mol. The third-order valence-corrected chi connectivity index (χ3v) is 27.9. The molecule has 0 bridgehead atoms. The maximum absolute atomic E-state index is 10.1. The zero-order valence-corrected chi connectivity index (χ0v) is 92.2. The van der Waals surface area contributed by atoms with E-state index in [1.807, 2.05) is 166 Å². The fraction of sp³-hybridized carbons (Fsp3) is 0.651. The summed E-state index contributed by atoms with van der Waals surface area (Å²) in [5, 5.41) is 99.0. The molecule has 4 aliphatic rings. The van der Waals surface area contributed by atoms with Crippen LogP contribution in [-0.2, 0) is 76.4 Å². The topological polar surface area (TPSA) is 276 Å². The van der Waals surface area contributed by atoms with Crippen LogP contribution in [0.3, 0.4) is 0 Å². The van der Waals surface area contributed by atoms with Gasteiger partial charge in [0.15, 0.2) is 23.1 Å². The van der Waals surface area contributed by atoms with Crippen LogP contribution < -0.4 is 0 Å². The van der Waals surface area contributed by atoms with Gasteiger partial charge in [0.05, 0.1) is 110 Å². The minimum Gasteiger partial charge on any atom is -0.390 e. The van der Waals surface area contributed by atoms with Crippen molar-refractivity contribution >= 4 is 0 Å². The van der Waals surface area contributed by atoms with Gasteiger partial charge in [-0.25, -0.2) is 0 Å². The number of unbranched alkanes of at least 4 members (excludes halogenated alkanes) is 24. The molecule has 0 spiro atoms. The first-order valence-electron chi connectivity index (χ1n) is 56.2. The minimum atomic E-state index is -0.735. The highest BCUT2D eigenvalue weighted by atomic mass is 16.8. The van der Waals surface area contributed by atoms with E-state index in [1.54, 1.807) is 12.2 Å². The first-order chi connectivity index (χ1) is 68.9. The molecule has 0 aliphatic carbocycles. The van der Waals surface area contributed by atoms with Gasteiger partial charge in [-0.1, -0.05) is 418 Å². The normalized spacial score (nSPS) is 21.1. The summed E-state index contributed by atoms with van der Waals surface area (Å²) >= 11 is 0. The number of ether oxygens (including phenoxy) is 8. The van der Waals surface area contributed by atoms with E-state index in [1.165, 1.54) is 201 Å². The van der Waals surface area contributed by atoms with E-state index < -0.39 is 72.0 Å². The molecule has 0 aromatic heterocycles. The molecule has 4 heterocycles. The highest BCUT2D eigenvalue weighted by Crippen LogP contribution is 2.39. The average molecular weight is 2000 g/mol. The van der Waals surface area contributed by atoms with E-state index in [0.717, 1.165) is 134 Å². The molecule has 4 aliphatic heterocycles. The summed E-state index contributed by atoms with van der Waals surface area (Å²) in [5.41, 5.74) is 12.1. The summed E-state index contributed by atoms with van der Waals surface area (Å²) in [5.74, 6) is -1.98. The quantitative estimate of drug-likeness (QED) is 0.0126. The Bertz CT molecular complexity index is 3990. The smallest absolute Gasteiger partial charge is 0.163 e. The lowest BCUT2D eigenvalue weighted by atomic mass is 9.97. The van der Waals surface area contributed by atoms with Crippen LogP contribution in [0.5, 0.6) is 0 Å². The first kappa shape index (κ1) is 128. The van der Waals surface area contributed by atoms with Crippen molar-refractivity contribution in [1.29, 1.82) is 0 Å². The van der Waals surface area contributed by atoms with Crippen molar-refractivity contribution in [3.05, 3.63) is 263 Å². The lowest BCUT2D eigenvalue weighted by Gasteiger charge is -2.18. The highest BCUT2D eigenvalue weighted by Gasteiger charge is 2.45. The molecule has 0 radical (unpaired) electrons. The summed E-state index contributed by atoms with van der Waals surface area (Å²) in [7, 11) is 0. The maximum Gasteiger partial charge on any atom is 0.163 e. The molecule has 0 amide bonds. The third-order valence-electron chi connectivity index (χ3n) is 27.9. The van der Waals surface area contributed by atoms with Gasteiger partial charge >= 0.3 is 0 Å². The average Bonchev–Trinajstić information content (AvgIpc) is 1.69. The molecule has 18 heteroatoms. The second-order valence-corrected chi connectivity index (χ2v) is 42.6. The summed E-state index contributed by atoms with van der Waals surface area (Å²) in [4.78, 5) is 0. The van der Waals surface area contributed by atoms with E-state index in [9.17, 15) is 51.1 Å². The fourth-order valence-electron chi connectivity index (χ4n) is 19.3. The Labute approximate surface area is 873 Å². The van der Waals surface area contributed by atoms with Gasteiger partial charge in [0.25, 0.3) is 0 Å². The molecule has 4 fully saturated rings. The zero-order chi connectivity index (χ0) is 106. The molecule has 10 rings (SSSR count). The largest absolute Gasteiger partial charge is 0.390 e. The van der Waals surface area contributed by atoms with Gasteiger partial charge in [-0.15, -0.1) is 26.3 Å². The predicted octanol–water partition coefficient (Wildman–Crippen LogP) is 28.8. The van der Waals surface area contributed by atoms with Gasteiger partial charge in [-0.05, 0) is 174 Å². The number of hydrogen-bond donors (Lipinski definition) is 10. The van der Waals surface area contributed by atoms with Crippen molar-refractivity contribution in [1.82, 2.24) is 0 Å². The van der Waals surface area contributed by atoms with E-state index in [2.05, 4.69) is 116 Å². The van der Waals surface area contributed by atoms with Crippen LogP contribution in [-0.4, -0.2) is 147 Å². The SMILES string of the molecule is C=C[C@@H](O)c1ccc(C[C@@H](O)[C@H](O)CCCCCCC)cc1.C=C[C@@H](O)c1ccc(C[C@H]2OC(C)(C)O[C@@H]2CCCCCCC)cc1.C=C[C@H](O)c1ccc(C[C@@H](O)[C@H](O)CCCCCCC)cc1.C=C[C@H](O)c1ccc(C[C@H]2OC(C)(C)O[C@@H]2CCCCCCC)cc1.CCCCCCC[C@H]1OC(C)(C)O[C@@H]1Cc1ccc([C@@H](O)CC)cc1.CCCCCCC[C@H]1OC(C)(C)O[C@@H]1Cc1ccc([C@H](O)CC)cc1. The van der Waals surface area contributed by atoms with Crippen LogP contribution in [0.1, 0.15) is 458 Å². The number of benzene rings is 6. The Hall–Kier alpha value is -6.44.